The van der Waals surface area contributed by atoms with E-state index in [4.69, 9.17) is 18.9 Å². The summed E-state index contributed by atoms with van der Waals surface area (Å²) < 4.78 is 28.0. The van der Waals surface area contributed by atoms with Gasteiger partial charge in [0.2, 0.25) is 0 Å². The summed E-state index contributed by atoms with van der Waals surface area (Å²) in [6.07, 6.45) is 3.38. The Balaban J connectivity index is 1.34. The topological polar surface area (TPSA) is 93.3 Å². The quantitative estimate of drug-likeness (QED) is 0.142. The van der Waals surface area contributed by atoms with E-state index in [0.29, 0.717) is 46.2 Å². The van der Waals surface area contributed by atoms with Gasteiger partial charge in [-0.3, -0.25) is 9.36 Å². The van der Waals surface area contributed by atoms with Gasteiger partial charge in [-0.1, -0.05) is 45.5 Å². The highest BCUT2D eigenvalue weighted by Gasteiger charge is 2.31. The molecule has 0 radical (unpaired) electrons. The maximum absolute atomic E-state index is 14.2. The van der Waals surface area contributed by atoms with Crippen LogP contribution in [-0.4, -0.2) is 35.4 Å². The Labute approximate surface area is 296 Å². The molecule has 3 heterocycles. The number of ether oxygens (including phenoxy) is 4. The van der Waals surface area contributed by atoms with E-state index in [-0.39, 0.29) is 11.1 Å². The van der Waals surface area contributed by atoms with E-state index < -0.39 is 12.0 Å². The zero-order valence-corrected chi connectivity index (χ0v) is 30.3. The molecule has 0 spiro atoms. The standard InChI is InChI=1S/C38H36BrN3O6S/c1-6-46-32-17-10-26(19-33(32)47-7-2)35-31(37(44)45-5)21-40-38-42(35)36(43)34(49-38)20-27-18-23(3)41(24(27)4)29-13-15-30(16-14-29)48-22-25-8-11-28(39)12-9-25/h8-21,35H,6-7,22H2,1-5H3/b34-20+/t35-/m0/s1. The monoisotopic (exact) mass is 741 g/mol. The number of methoxy groups -OCH3 is 1. The number of thiazole rings is 1. The van der Waals surface area contributed by atoms with Crippen molar-refractivity contribution in [3.05, 3.63) is 137 Å². The van der Waals surface area contributed by atoms with E-state index >= 15 is 0 Å². The van der Waals surface area contributed by atoms with E-state index in [2.05, 4.69) is 31.6 Å². The van der Waals surface area contributed by atoms with Crippen LogP contribution in [0.1, 0.15) is 48.0 Å². The number of rotatable bonds is 11. The molecule has 0 N–H and O–H groups in total. The van der Waals surface area contributed by atoms with E-state index in [1.165, 1.54) is 24.6 Å². The molecule has 1 aliphatic heterocycles. The number of benzene rings is 3. The summed E-state index contributed by atoms with van der Waals surface area (Å²) in [7, 11) is 1.31. The van der Waals surface area contributed by atoms with Gasteiger partial charge in [0.05, 0.1) is 36.5 Å². The van der Waals surface area contributed by atoms with Crippen LogP contribution >= 0.6 is 27.3 Å². The molecule has 0 bridgehead atoms. The second-order valence-electron chi connectivity index (χ2n) is 11.3. The smallest absolute Gasteiger partial charge is 0.337 e. The van der Waals surface area contributed by atoms with Crippen molar-refractivity contribution in [2.24, 2.45) is 4.99 Å². The Morgan fingerprint density at radius 1 is 0.939 bits per heavy atom. The van der Waals surface area contributed by atoms with Crippen LogP contribution in [0.5, 0.6) is 17.2 Å². The summed E-state index contributed by atoms with van der Waals surface area (Å²) in [6, 6.07) is 22.8. The molecule has 6 rings (SSSR count). The van der Waals surface area contributed by atoms with Crippen LogP contribution in [0.15, 0.2) is 98.8 Å². The van der Waals surface area contributed by atoms with Gasteiger partial charge in [0.15, 0.2) is 16.3 Å². The third-order valence-corrected chi connectivity index (χ3v) is 9.70. The average molecular weight is 743 g/mol. The van der Waals surface area contributed by atoms with Gasteiger partial charge in [-0.25, -0.2) is 9.79 Å². The van der Waals surface area contributed by atoms with Crippen molar-refractivity contribution >= 4 is 39.3 Å². The first-order valence-electron chi connectivity index (χ1n) is 15.9. The first kappa shape index (κ1) is 34.0. The lowest BCUT2D eigenvalue weighted by atomic mass is 9.97. The van der Waals surface area contributed by atoms with Crippen molar-refractivity contribution in [2.45, 2.75) is 40.3 Å². The van der Waals surface area contributed by atoms with Gasteiger partial charge in [0.1, 0.15) is 12.4 Å². The summed E-state index contributed by atoms with van der Waals surface area (Å²) in [6.45, 7) is 9.22. The highest BCUT2D eigenvalue weighted by atomic mass is 79.9. The first-order chi connectivity index (χ1) is 23.7. The number of carbonyl (C=O) groups excluding carboxylic acids is 1. The Morgan fingerprint density at radius 2 is 1.65 bits per heavy atom. The summed E-state index contributed by atoms with van der Waals surface area (Å²) in [4.78, 5) is 32.1. The van der Waals surface area contributed by atoms with Crippen LogP contribution in [0, 0.1) is 13.8 Å². The van der Waals surface area contributed by atoms with Crippen LogP contribution in [0.4, 0.5) is 0 Å². The fourth-order valence-corrected chi connectivity index (χ4v) is 7.12. The summed E-state index contributed by atoms with van der Waals surface area (Å²) in [5.41, 5.74) is 5.63. The van der Waals surface area contributed by atoms with Gasteiger partial charge < -0.3 is 23.5 Å². The van der Waals surface area contributed by atoms with Crippen molar-refractivity contribution in [3.8, 4) is 22.9 Å². The highest BCUT2D eigenvalue weighted by Crippen LogP contribution is 2.35. The normalized spacial score (nSPS) is 14.1. The van der Waals surface area contributed by atoms with E-state index in [0.717, 1.165) is 38.4 Å². The lowest BCUT2D eigenvalue weighted by Crippen LogP contribution is -2.39. The van der Waals surface area contributed by atoms with Crippen LogP contribution in [0.25, 0.3) is 11.8 Å². The van der Waals surface area contributed by atoms with Crippen molar-refractivity contribution < 1.29 is 23.7 Å². The minimum absolute atomic E-state index is 0.246. The number of aromatic nitrogens is 2. The molecule has 5 aromatic rings. The molecule has 1 atom stereocenters. The van der Waals surface area contributed by atoms with Gasteiger partial charge in [-0.05, 0) is 105 Å². The van der Waals surface area contributed by atoms with Gasteiger partial charge in [-0.2, -0.15) is 0 Å². The maximum atomic E-state index is 14.2. The Hall–Kier alpha value is -4.87. The lowest BCUT2D eigenvalue weighted by molar-refractivity contribution is -0.136. The molecule has 0 unspecified atom stereocenters. The molecule has 49 heavy (non-hydrogen) atoms. The van der Waals surface area contributed by atoms with Crippen molar-refractivity contribution in [2.75, 3.05) is 20.3 Å². The molecule has 11 heteroatoms. The molecular formula is C38H36BrN3O6S. The summed E-state index contributed by atoms with van der Waals surface area (Å²) in [5.74, 6) is 1.32. The number of fused-ring (bicyclic) bond motifs is 1. The summed E-state index contributed by atoms with van der Waals surface area (Å²) >= 11 is 4.74. The van der Waals surface area contributed by atoms with Crippen molar-refractivity contribution in [1.29, 1.82) is 0 Å². The Morgan fingerprint density at radius 3 is 2.35 bits per heavy atom. The average Bonchev–Trinajstić information content (AvgIpc) is 3.58. The molecule has 1 aliphatic rings. The molecule has 0 saturated heterocycles. The number of aryl methyl sites for hydroxylation is 1. The number of hydrogen-bond donors (Lipinski definition) is 0. The third kappa shape index (κ3) is 7.00. The van der Waals surface area contributed by atoms with Gasteiger partial charge in [0, 0.05) is 27.7 Å². The van der Waals surface area contributed by atoms with Crippen LogP contribution in [0.3, 0.4) is 0 Å². The summed E-state index contributed by atoms with van der Waals surface area (Å²) in [5, 5.41) is 0. The predicted molar refractivity (Wildman–Crippen MR) is 194 cm³/mol. The van der Waals surface area contributed by atoms with Gasteiger partial charge >= 0.3 is 5.97 Å². The fourth-order valence-electron chi connectivity index (χ4n) is 5.90. The van der Waals surface area contributed by atoms with Crippen LogP contribution in [0.2, 0.25) is 0 Å². The van der Waals surface area contributed by atoms with Crippen LogP contribution in [-0.2, 0) is 16.1 Å². The third-order valence-electron chi connectivity index (χ3n) is 8.18. The molecule has 252 valence electrons. The lowest BCUT2D eigenvalue weighted by Gasteiger charge is -2.23. The molecule has 3 aromatic carbocycles. The Kier molecular flexibility index (Phi) is 10.2. The SMILES string of the molecule is CCOc1ccc([C@H]2C(C(=O)OC)=CN=c3s/c(=C/c4cc(C)n(-c5ccc(OCc6ccc(Br)cc6)cc5)c4C)c(=O)n32)cc1OCC. The largest absolute Gasteiger partial charge is 0.490 e. The van der Waals surface area contributed by atoms with E-state index in [1.807, 2.05) is 94.4 Å². The predicted octanol–water partition coefficient (Wildman–Crippen LogP) is 6.56. The Bertz CT molecular complexity index is 2220. The molecule has 0 fully saturated rings. The van der Waals surface area contributed by atoms with E-state index in [9.17, 15) is 9.59 Å². The van der Waals surface area contributed by atoms with E-state index in [1.54, 1.807) is 10.6 Å². The van der Waals surface area contributed by atoms with Crippen LogP contribution < -0.4 is 29.1 Å². The number of halogens is 1. The highest BCUT2D eigenvalue weighted by molar-refractivity contribution is 9.10. The molecule has 0 saturated carbocycles. The molecule has 0 aliphatic carbocycles. The zero-order valence-electron chi connectivity index (χ0n) is 27.9. The molecule has 0 amide bonds. The number of esters is 1. The minimum Gasteiger partial charge on any atom is -0.490 e. The number of hydrogen-bond acceptors (Lipinski definition) is 8. The number of carbonyl (C=O) groups is 1. The second kappa shape index (κ2) is 14.7. The number of nitrogens with zero attached hydrogens (tertiary/aromatic N) is 3. The molecular weight excluding hydrogens is 706 g/mol. The second-order valence-corrected chi connectivity index (χ2v) is 13.2. The molecule has 9 nitrogen and oxygen atoms in total. The van der Waals surface area contributed by atoms with Crippen molar-refractivity contribution in [3.63, 3.8) is 0 Å². The fraction of sp³-hybridized carbons (Fsp3) is 0.237. The maximum Gasteiger partial charge on any atom is 0.337 e. The van der Waals surface area contributed by atoms with Crippen molar-refractivity contribution in [1.82, 2.24) is 9.13 Å². The minimum atomic E-state index is -0.766. The van der Waals surface area contributed by atoms with Gasteiger partial charge in [0.25, 0.3) is 5.56 Å². The van der Waals surface area contributed by atoms with Gasteiger partial charge in [-0.15, -0.1) is 0 Å². The first-order valence-corrected chi connectivity index (χ1v) is 17.5. The zero-order chi connectivity index (χ0) is 34.7. The molecule has 2 aromatic heterocycles.